The van der Waals surface area contributed by atoms with Crippen LogP contribution in [0, 0.1) is 5.92 Å². The molecule has 1 fully saturated rings. The molecule has 4 heterocycles. The number of allylic oxidation sites excluding steroid dienone is 2. The van der Waals surface area contributed by atoms with Crippen LogP contribution in [-0.2, 0) is 25.6 Å². The molecule has 3 aliphatic rings. The highest BCUT2D eigenvalue weighted by atomic mass is 19.3. The fraction of sp³-hybridized carbons (Fsp3) is 0.391. The SMILES string of the molecule is CC1=CC2OC(=O)C(n3cc(COC(=O)Nc4ccn(C5OC(CO)C(O)C5(F)F)c(=O)n4)nn3)=CC2C=C1. The van der Waals surface area contributed by atoms with Crippen molar-refractivity contribution < 1.29 is 42.8 Å². The van der Waals surface area contributed by atoms with Gasteiger partial charge in [0.1, 0.15) is 36.0 Å². The van der Waals surface area contributed by atoms with Crippen LogP contribution in [-0.4, -0.2) is 77.7 Å². The summed E-state index contributed by atoms with van der Waals surface area (Å²) >= 11 is 0. The number of ether oxygens (including phenoxy) is 3. The first-order valence-electron chi connectivity index (χ1n) is 11.6. The number of aliphatic hydroxyl groups excluding tert-OH is 2. The molecule has 0 bridgehead atoms. The summed E-state index contributed by atoms with van der Waals surface area (Å²) in [6, 6.07) is 1.04. The van der Waals surface area contributed by atoms with Gasteiger partial charge in [-0.15, -0.1) is 5.10 Å². The van der Waals surface area contributed by atoms with Crippen molar-refractivity contribution in [2.75, 3.05) is 11.9 Å². The predicted octanol–water partition coefficient (Wildman–Crippen LogP) is 0.368. The molecule has 5 unspecified atom stereocenters. The number of alkyl halides is 2. The molecule has 2 aliphatic heterocycles. The van der Waals surface area contributed by atoms with Gasteiger partial charge in [-0.1, -0.05) is 22.9 Å². The molecule has 2 aromatic heterocycles. The maximum Gasteiger partial charge on any atom is 0.413 e. The van der Waals surface area contributed by atoms with Crippen LogP contribution in [0.3, 0.4) is 0 Å². The van der Waals surface area contributed by atoms with Crippen LogP contribution in [0.15, 0.2) is 53.1 Å². The van der Waals surface area contributed by atoms with Crippen LogP contribution in [0.4, 0.5) is 19.4 Å². The molecule has 1 amide bonds. The summed E-state index contributed by atoms with van der Waals surface area (Å²) < 4.78 is 45.6. The van der Waals surface area contributed by atoms with E-state index in [2.05, 4.69) is 20.6 Å². The molecule has 2 aromatic rings. The van der Waals surface area contributed by atoms with Crippen molar-refractivity contribution in [3.05, 3.63) is 64.5 Å². The summed E-state index contributed by atoms with van der Waals surface area (Å²) in [5.74, 6) is -4.93. The molecule has 5 rings (SSSR count). The van der Waals surface area contributed by atoms with Crippen LogP contribution in [0.1, 0.15) is 18.8 Å². The molecule has 0 spiro atoms. The van der Waals surface area contributed by atoms with Crippen molar-refractivity contribution >= 4 is 23.6 Å². The van der Waals surface area contributed by atoms with E-state index in [-0.39, 0.29) is 29.7 Å². The smallest absolute Gasteiger partial charge is 0.413 e. The molecule has 16 heteroatoms. The Morgan fingerprint density at radius 3 is 2.82 bits per heavy atom. The Morgan fingerprint density at radius 1 is 1.31 bits per heavy atom. The number of carbonyl (C=O) groups is 2. The van der Waals surface area contributed by atoms with Crippen molar-refractivity contribution in [3.8, 4) is 0 Å². The number of aliphatic hydroxyl groups is 2. The summed E-state index contributed by atoms with van der Waals surface area (Å²) in [6.45, 7) is 0.656. The number of halogens is 2. The lowest BCUT2D eigenvalue weighted by atomic mass is 9.92. The summed E-state index contributed by atoms with van der Waals surface area (Å²) in [6.07, 6.45) is 2.08. The Labute approximate surface area is 217 Å². The van der Waals surface area contributed by atoms with Crippen molar-refractivity contribution in [2.45, 2.75) is 44.0 Å². The molecule has 0 saturated carbocycles. The zero-order valence-electron chi connectivity index (χ0n) is 20.2. The molecule has 14 nitrogen and oxygen atoms in total. The van der Waals surface area contributed by atoms with Gasteiger partial charge >= 0.3 is 23.7 Å². The van der Waals surface area contributed by atoms with Crippen molar-refractivity contribution in [1.29, 1.82) is 0 Å². The van der Waals surface area contributed by atoms with Gasteiger partial charge in [-0.05, 0) is 25.1 Å². The Hall–Kier alpha value is -4.28. The van der Waals surface area contributed by atoms with Gasteiger partial charge in [0.25, 0.3) is 0 Å². The molecule has 1 aliphatic carbocycles. The van der Waals surface area contributed by atoms with E-state index in [0.29, 0.717) is 4.57 Å². The van der Waals surface area contributed by atoms with Crippen LogP contribution >= 0.6 is 0 Å². The predicted molar refractivity (Wildman–Crippen MR) is 125 cm³/mol. The average Bonchev–Trinajstić information content (AvgIpc) is 3.45. The van der Waals surface area contributed by atoms with E-state index in [4.69, 9.17) is 19.3 Å². The van der Waals surface area contributed by atoms with E-state index in [9.17, 15) is 28.3 Å². The second-order valence-electron chi connectivity index (χ2n) is 8.96. The minimum absolute atomic E-state index is 0.150. The van der Waals surface area contributed by atoms with Crippen LogP contribution in [0.25, 0.3) is 5.70 Å². The lowest BCUT2D eigenvalue weighted by Gasteiger charge is -2.28. The number of carbonyl (C=O) groups excluding carboxylic acids is 2. The zero-order chi connectivity index (χ0) is 27.9. The molecular formula is C23H22F2N6O8. The maximum absolute atomic E-state index is 14.3. The number of rotatable bonds is 6. The number of nitrogens with zero attached hydrogens (tertiary/aromatic N) is 5. The van der Waals surface area contributed by atoms with E-state index in [1.807, 2.05) is 25.2 Å². The first kappa shape index (κ1) is 26.3. The number of hydrogen-bond donors (Lipinski definition) is 3. The standard InChI is InChI=1S/C23H22F2N6O8/c1-11-2-3-12-7-14(19(34)38-15(12)6-11)31-8-13(28-29-31)10-37-22(36)27-17-4-5-30(21(35)26-17)20-23(24,25)18(33)16(9-32)39-20/h2-8,12,15-16,18,20,32-33H,9-10H2,1H3,(H,26,27,35,36). The Kier molecular flexibility index (Phi) is 6.83. The largest absolute Gasteiger partial charge is 0.452 e. The highest BCUT2D eigenvalue weighted by molar-refractivity contribution is 6.10. The fourth-order valence-electron chi connectivity index (χ4n) is 4.21. The molecule has 39 heavy (non-hydrogen) atoms. The molecule has 206 valence electrons. The highest BCUT2D eigenvalue weighted by Crippen LogP contribution is 2.42. The third-order valence-corrected chi connectivity index (χ3v) is 6.20. The van der Waals surface area contributed by atoms with E-state index in [1.54, 1.807) is 6.08 Å². The normalized spacial score (nSPS) is 27.3. The molecule has 0 radical (unpaired) electrons. The number of hydrogen-bond acceptors (Lipinski definition) is 11. The second kappa shape index (κ2) is 10.1. The summed E-state index contributed by atoms with van der Waals surface area (Å²) in [7, 11) is 0. The Morgan fingerprint density at radius 2 is 2.10 bits per heavy atom. The number of esters is 1. The van der Waals surface area contributed by atoms with E-state index >= 15 is 0 Å². The number of fused-ring (bicyclic) bond motifs is 1. The quantitative estimate of drug-likeness (QED) is 0.425. The van der Waals surface area contributed by atoms with Gasteiger partial charge in [-0.25, -0.2) is 19.1 Å². The van der Waals surface area contributed by atoms with Gasteiger partial charge in [0.05, 0.1) is 12.8 Å². The lowest BCUT2D eigenvalue weighted by Crippen LogP contribution is -2.41. The van der Waals surface area contributed by atoms with Gasteiger partial charge in [0, 0.05) is 12.1 Å². The number of anilines is 1. The monoisotopic (exact) mass is 548 g/mol. The molecule has 1 saturated heterocycles. The van der Waals surface area contributed by atoms with Crippen molar-refractivity contribution in [3.63, 3.8) is 0 Å². The molecule has 3 N–H and O–H groups in total. The van der Waals surface area contributed by atoms with E-state index in [0.717, 1.165) is 17.8 Å². The number of amides is 1. The highest BCUT2D eigenvalue weighted by Gasteiger charge is 2.59. The summed E-state index contributed by atoms with van der Waals surface area (Å²) in [4.78, 5) is 40.4. The van der Waals surface area contributed by atoms with E-state index < -0.39 is 54.8 Å². The first-order valence-corrected chi connectivity index (χ1v) is 11.6. The molecular weight excluding hydrogens is 526 g/mol. The van der Waals surface area contributed by atoms with Crippen molar-refractivity contribution in [2.24, 2.45) is 5.92 Å². The maximum atomic E-state index is 14.3. The minimum Gasteiger partial charge on any atom is -0.452 e. The summed E-state index contributed by atoms with van der Waals surface area (Å²) in [5, 5.41) is 28.6. The van der Waals surface area contributed by atoms with Crippen LogP contribution in [0.5, 0.6) is 0 Å². The second-order valence-corrected chi connectivity index (χ2v) is 8.96. The number of aromatic nitrogens is 5. The summed E-state index contributed by atoms with van der Waals surface area (Å²) in [5.41, 5.74) is 0.115. The first-order chi connectivity index (χ1) is 18.6. The zero-order valence-corrected chi connectivity index (χ0v) is 20.2. The lowest BCUT2D eigenvalue weighted by molar-refractivity contribution is -0.142. The average molecular weight is 548 g/mol. The van der Waals surface area contributed by atoms with Gasteiger partial charge in [-0.2, -0.15) is 13.8 Å². The third-order valence-electron chi connectivity index (χ3n) is 6.20. The van der Waals surface area contributed by atoms with Gasteiger partial charge in [-0.3, -0.25) is 9.88 Å². The number of nitrogens with one attached hydrogen (secondary N) is 1. The van der Waals surface area contributed by atoms with Crippen molar-refractivity contribution in [1.82, 2.24) is 24.5 Å². The van der Waals surface area contributed by atoms with Crippen LogP contribution in [0.2, 0.25) is 0 Å². The fourth-order valence-corrected chi connectivity index (χ4v) is 4.21. The Balaban J connectivity index is 1.19. The minimum atomic E-state index is -3.88. The molecule has 5 atom stereocenters. The Bertz CT molecular complexity index is 1450. The van der Waals surface area contributed by atoms with Gasteiger partial charge < -0.3 is 24.4 Å². The molecule has 0 aromatic carbocycles. The topological polar surface area (TPSA) is 180 Å². The third kappa shape index (κ3) is 5.08. The van der Waals surface area contributed by atoms with E-state index in [1.165, 1.54) is 10.9 Å². The van der Waals surface area contributed by atoms with Gasteiger partial charge in [0.2, 0.25) is 6.23 Å². The van der Waals surface area contributed by atoms with Crippen LogP contribution < -0.4 is 11.0 Å². The van der Waals surface area contributed by atoms with Gasteiger partial charge in [0.15, 0.2) is 6.10 Å².